The molecule has 1 heterocycles. The molecule has 1 aliphatic heterocycles. The van der Waals surface area contributed by atoms with Crippen molar-refractivity contribution in [1.82, 2.24) is 5.32 Å². The van der Waals surface area contributed by atoms with Crippen molar-refractivity contribution in [3.63, 3.8) is 0 Å². The van der Waals surface area contributed by atoms with Crippen LogP contribution in [0.15, 0.2) is 0 Å². The van der Waals surface area contributed by atoms with Crippen molar-refractivity contribution in [2.45, 2.75) is 18.9 Å². The van der Waals surface area contributed by atoms with Crippen molar-refractivity contribution in [2.24, 2.45) is 0 Å². The van der Waals surface area contributed by atoms with E-state index in [4.69, 9.17) is 24.8 Å². The molecule has 0 aromatic heterocycles. The minimum Gasteiger partial charge on any atom is -0.431 e. The molecule has 1 rings (SSSR count). The van der Waals surface area contributed by atoms with Gasteiger partial charge in [0.1, 0.15) is 0 Å². The average Bonchev–Trinajstić information content (AvgIpc) is 2.12. The maximum Gasteiger partial charge on any atom is 1.00 e. The molecule has 0 saturated carbocycles. The number of nitrogens with one attached hydrogen (secondary N) is 1. The van der Waals surface area contributed by atoms with Crippen molar-refractivity contribution in [1.29, 1.82) is 0 Å². The van der Waals surface area contributed by atoms with Gasteiger partial charge in [-0.1, -0.05) is 0 Å². The van der Waals surface area contributed by atoms with E-state index in [1.54, 1.807) is 0 Å². The van der Waals surface area contributed by atoms with E-state index < -0.39 is 0 Å². The minimum atomic E-state index is 0. The van der Waals surface area contributed by atoms with E-state index in [1.807, 2.05) is 0 Å². The zero-order valence-electron chi connectivity index (χ0n) is 6.52. The summed E-state index contributed by atoms with van der Waals surface area (Å²) < 4.78 is 0.697. The zero-order valence-corrected chi connectivity index (χ0v) is 10.1. The van der Waals surface area contributed by atoms with E-state index >= 15 is 0 Å². The van der Waals surface area contributed by atoms with Crippen molar-refractivity contribution in [2.75, 3.05) is 6.54 Å². The molecule has 0 spiro atoms. The number of thiocarbonyl (C=S) groups is 1. The second kappa shape index (κ2) is 9.28. The van der Waals surface area contributed by atoms with Gasteiger partial charge in [0.25, 0.3) is 0 Å². The van der Waals surface area contributed by atoms with Crippen LogP contribution < -0.4 is 34.9 Å². The molecule has 1 saturated heterocycles. The van der Waals surface area contributed by atoms with Crippen LogP contribution in [0.5, 0.6) is 0 Å². The quantitative estimate of drug-likeness (QED) is 0.269. The summed E-state index contributed by atoms with van der Waals surface area (Å²) in [4.78, 5) is 0. The van der Waals surface area contributed by atoms with Crippen molar-refractivity contribution >= 4 is 29.0 Å². The van der Waals surface area contributed by atoms with Gasteiger partial charge >= 0.3 is 29.6 Å². The van der Waals surface area contributed by atoms with Gasteiger partial charge in [-0.15, -0.1) is 4.20 Å². The maximum atomic E-state index is 4.81. The molecular weight excluding hydrogens is 193 g/mol. The molecule has 0 aromatic carbocycles. The van der Waals surface area contributed by atoms with E-state index in [2.05, 4.69) is 5.32 Å². The van der Waals surface area contributed by atoms with Gasteiger partial charge in [-0.25, -0.2) is 0 Å². The van der Waals surface area contributed by atoms with Crippen LogP contribution in [0.2, 0.25) is 0 Å². The molecule has 0 aliphatic carbocycles. The SMILES string of the molecule is O.O.S=C([S-])C1CCCN1.[Na+]. The van der Waals surface area contributed by atoms with Crippen molar-refractivity contribution in [3.8, 4) is 0 Å². The Labute approximate surface area is 99.6 Å². The van der Waals surface area contributed by atoms with Crippen LogP contribution in [0.1, 0.15) is 12.8 Å². The third kappa shape index (κ3) is 6.36. The van der Waals surface area contributed by atoms with E-state index in [0.29, 0.717) is 10.2 Å². The molecule has 1 aliphatic rings. The van der Waals surface area contributed by atoms with Gasteiger partial charge in [0.2, 0.25) is 0 Å². The Bertz CT molecular complexity index is 109. The van der Waals surface area contributed by atoms with E-state index in [-0.39, 0.29) is 40.5 Å². The maximum absolute atomic E-state index is 4.81. The van der Waals surface area contributed by atoms with Gasteiger partial charge in [-0.2, -0.15) is 0 Å². The first-order valence-corrected chi connectivity index (χ1v) is 3.56. The Kier molecular flexibility index (Phi) is 15.2. The van der Waals surface area contributed by atoms with Crippen LogP contribution >= 0.6 is 12.2 Å². The fourth-order valence-electron chi connectivity index (χ4n) is 0.886. The molecular formula is C5H12NNaO2S2. The summed E-state index contributed by atoms with van der Waals surface area (Å²) in [6.45, 7) is 1.08. The van der Waals surface area contributed by atoms with Crippen molar-refractivity contribution in [3.05, 3.63) is 0 Å². The second-order valence-electron chi connectivity index (χ2n) is 1.97. The third-order valence-corrected chi connectivity index (χ3v) is 1.91. The summed E-state index contributed by atoms with van der Waals surface area (Å²) in [5.74, 6) is 0. The fraction of sp³-hybridized carbons (Fsp3) is 0.800. The average molecular weight is 205 g/mol. The topological polar surface area (TPSA) is 75.0 Å². The third-order valence-electron chi connectivity index (χ3n) is 1.34. The number of rotatable bonds is 1. The summed E-state index contributed by atoms with van der Waals surface area (Å²) in [6.07, 6.45) is 2.36. The summed E-state index contributed by atoms with van der Waals surface area (Å²) in [6, 6.07) is 0.361. The Hall–Kier alpha value is 1.19. The van der Waals surface area contributed by atoms with E-state index in [0.717, 1.165) is 13.0 Å². The van der Waals surface area contributed by atoms with Crippen LogP contribution in [0.4, 0.5) is 0 Å². The molecule has 62 valence electrons. The molecule has 1 unspecified atom stereocenters. The first kappa shape index (κ1) is 18.1. The largest absolute Gasteiger partial charge is 1.00 e. The van der Waals surface area contributed by atoms with Gasteiger partial charge in [0.15, 0.2) is 0 Å². The molecule has 0 aromatic rings. The van der Waals surface area contributed by atoms with Crippen LogP contribution in [-0.4, -0.2) is 27.7 Å². The monoisotopic (exact) mass is 205 g/mol. The Balaban J connectivity index is -0.000000213. The number of hydrogen-bond acceptors (Lipinski definition) is 3. The van der Waals surface area contributed by atoms with Gasteiger partial charge in [-0.05, 0) is 19.4 Å². The summed E-state index contributed by atoms with van der Waals surface area (Å²) >= 11 is 9.62. The number of hydrogen-bond donors (Lipinski definition) is 1. The predicted molar refractivity (Wildman–Crippen MR) is 48.2 cm³/mol. The first-order valence-electron chi connectivity index (χ1n) is 2.75. The molecule has 1 atom stereocenters. The molecule has 3 nitrogen and oxygen atoms in total. The Morgan fingerprint density at radius 1 is 1.45 bits per heavy atom. The van der Waals surface area contributed by atoms with Crippen LogP contribution in [0.25, 0.3) is 0 Å². The van der Waals surface area contributed by atoms with E-state index in [1.165, 1.54) is 6.42 Å². The normalized spacial score (nSPS) is 20.5. The fourth-order valence-corrected chi connectivity index (χ4v) is 1.29. The van der Waals surface area contributed by atoms with Gasteiger partial charge in [-0.3, -0.25) is 0 Å². The minimum absolute atomic E-state index is 0. The van der Waals surface area contributed by atoms with Gasteiger partial charge < -0.3 is 41.1 Å². The standard InChI is InChI=1S/C5H9NS2.Na.2H2O/c7-5(8)4-2-1-3-6-4;;;/h4,6H,1-3H2,(H,7,8);;2*1H2/q;+1;;/p-1. The summed E-state index contributed by atoms with van der Waals surface area (Å²) in [5, 5.41) is 3.21. The van der Waals surface area contributed by atoms with Gasteiger partial charge in [0.05, 0.1) is 0 Å². The molecule has 0 amide bonds. The van der Waals surface area contributed by atoms with Crippen molar-refractivity contribution < 1.29 is 40.5 Å². The summed E-state index contributed by atoms with van der Waals surface area (Å²) in [7, 11) is 0. The zero-order chi connectivity index (χ0) is 5.98. The van der Waals surface area contributed by atoms with Crippen LogP contribution in [0, 0.1) is 0 Å². The molecule has 0 bridgehead atoms. The smallest absolute Gasteiger partial charge is 0.431 e. The summed E-state index contributed by atoms with van der Waals surface area (Å²) in [5.41, 5.74) is 0. The Morgan fingerprint density at radius 2 is 2.00 bits per heavy atom. The molecule has 0 radical (unpaired) electrons. The first-order chi connectivity index (χ1) is 3.80. The molecule has 1 fully saturated rings. The Morgan fingerprint density at radius 3 is 2.18 bits per heavy atom. The predicted octanol–water partition coefficient (Wildman–Crippen LogP) is -4.03. The molecule has 11 heavy (non-hydrogen) atoms. The van der Waals surface area contributed by atoms with Crippen LogP contribution in [-0.2, 0) is 12.6 Å². The second-order valence-corrected chi connectivity index (χ2v) is 3.11. The molecule has 6 heteroatoms. The van der Waals surface area contributed by atoms with E-state index in [9.17, 15) is 0 Å². The van der Waals surface area contributed by atoms with Crippen LogP contribution in [0.3, 0.4) is 0 Å². The molecule has 5 N–H and O–H groups in total. The van der Waals surface area contributed by atoms with Gasteiger partial charge in [0, 0.05) is 6.04 Å².